The van der Waals surface area contributed by atoms with Crippen LogP contribution in [-0.2, 0) is 16.1 Å². The second-order valence-electron chi connectivity index (χ2n) is 6.72. The zero-order valence-corrected chi connectivity index (χ0v) is 12.9. The smallest absolute Gasteiger partial charge is 0.228 e. The Labute approximate surface area is 131 Å². The van der Waals surface area contributed by atoms with Crippen molar-refractivity contribution in [3.8, 4) is 0 Å². The van der Waals surface area contributed by atoms with E-state index in [1.165, 1.54) is 5.56 Å². The van der Waals surface area contributed by atoms with Crippen LogP contribution in [0, 0.1) is 5.92 Å². The van der Waals surface area contributed by atoms with Crippen molar-refractivity contribution in [1.82, 2.24) is 14.8 Å². The summed E-state index contributed by atoms with van der Waals surface area (Å²) in [6.45, 7) is 4.59. The van der Waals surface area contributed by atoms with Crippen LogP contribution in [-0.4, -0.2) is 59.1 Å². The molecule has 1 amide bonds. The van der Waals surface area contributed by atoms with Crippen molar-refractivity contribution >= 4 is 5.91 Å². The molecule has 3 atom stereocenters. The van der Waals surface area contributed by atoms with Gasteiger partial charge >= 0.3 is 0 Å². The van der Waals surface area contributed by atoms with Crippen LogP contribution < -0.4 is 0 Å². The van der Waals surface area contributed by atoms with E-state index in [4.69, 9.17) is 4.74 Å². The predicted molar refractivity (Wildman–Crippen MR) is 82.1 cm³/mol. The highest BCUT2D eigenvalue weighted by atomic mass is 16.5. The molecule has 0 aliphatic carbocycles. The van der Waals surface area contributed by atoms with Crippen molar-refractivity contribution in [2.75, 3.05) is 26.2 Å². The number of amides is 1. The summed E-state index contributed by atoms with van der Waals surface area (Å²) in [6.07, 6.45) is 7.18. The molecule has 0 unspecified atom stereocenters. The first-order valence-corrected chi connectivity index (χ1v) is 8.35. The van der Waals surface area contributed by atoms with E-state index in [1.807, 2.05) is 17.3 Å². The Balaban J connectivity index is 1.40. The first-order chi connectivity index (χ1) is 10.8. The zero-order chi connectivity index (χ0) is 14.9. The van der Waals surface area contributed by atoms with E-state index < -0.39 is 0 Å². The van der Waals surface area contributed by atoms with Crippen LogP contribution in [0.1, 0.15) is 24.8 Å². The van der Waals surface area contributed by atoms with E-state index in [1.54, 1.807) is 0 Å². The summed E-state index contributed by atoms with van der Waals surface area (Å²) in [5.41, 5.74) is 1.28. The van der Waals surface area contributed by atoms with E-state index in [0.717, 1.165) is 52.0 Å². The molecule has 1 aromatic rings. The van der Waals surface area contributed by atoms with Gasteiger partial charge in [-0.15, -0.1) is 0 Å². The number of nitrogens with zero attached hydrogens (tertiary/aromatic N) is 3. The molecular weight excluding hydrogens is 278 g/mol. The largest absolute Gasteiger partial charge is 0.371 e. The fourth-order valence-corrected chi connectivity index (χ4v) is 4.04. The number of aromatic nitrogens is 1. The van der Waals surface area contributed by atoms with Gasteiger partial charge in [0, 0.05) is 45.1 Å². The number of fused-ring (bicyclic) bond motifs is 2. The second kappa shape index (κ2) is 5.97. The molecule has 1 aromatic heterocycles. The third kappa shape index (κ3) is 2.75. The first-order valence-electron chi connectivity index (χ1n) is 8.35. The second-order valence-corrected chi connectivity index (χ2v) is 6.72. The Morgan fingerprint density at radius 2 is 2.00 bits per heavy atom. The average Bonchev–Trinajstić information content (AvgIpc) is 3.16. The molecule has 3 fully saturated rings. The van der Waals surface area contributed by atoms with Gasteiger partial charge in [0.2, 0.25) is 5.91 Å². The van der Waals surface area contributed by atoms with Crippen LogP contribution in [0.2, 0.25) is 0 Å². The molecule has 3 saturated heterocycles. The number of rotatable bonds is 3. The monoisotopic (exact) mass is 301 g/mol. The van der Waals surface area contributed by atoms with E-state index >= 15 is 0 Å². The fourth-order valence-electron chi connectivity index (χ4n) is 4.04. The maximum Gasteiger partial charge on any atom is 0.228 e. The minimum Gasteiger partial charge on any atom is -0.371 e. The third-order valence-corrected chi connectivity index (χ3v) is 5.12. The van der Waals surface area contributed by atoms with Gasteiger partial charge < -0.3 is 9.64 Å². The lowest BCUT2D eigenvalue weighted by atomic mass is 9.99. The van der Waals surface area contributed by atoms with Crippen LogP contribution in [0.5, 0.6) is 0 Å². The Bertz CT molecular complexity index is 530. The molecule has 5 heteroatoms. The van der Waals surface area contributed by atoms with Gasteiger partial charge in [0.1, 0.15) is 0 Å². The summed E-state index contributed by atoms with van der Waals surface area (Å²) in [6, 6.07) is 4.12. The minimum atomic E-state index is 0.0746. The number of morpholine rings is 1. The molecule has 118 valence electrons. The number of likely N-dealkylation sites (tertiary alicyclic amines) is 2. The van der Waals surface area contributed by atoms with Crippen LogP contribution in [0.3, 0.4) is 0 Å². The molecule has 0 aromatic carbocycles. The SMILES string of the molecule is O=C([C@@H]1C[C@H]2CN(Cc3ccncc3)C[C@@H]1O2)N1CCCC1. The van der Waals surface area contributed by atoms with Gasteiger partial charge in [0.05, 0.1) is 18.1 Å². The van der Waals surface area contributed by atoms with Gasteiger partial charge in [0.25, 0.3) is 0 Å². The van der Waals surface area contributed by atoms with Crippen LogP contribution in [0.4, 0.5) is 0 Å². The van der Waals surface area contributed by atoms with Gasteiger partial charge in [-0.3, -0.25) is 14.7 Å². The lowest BCUT2D eigenvalue weighted by Crippen LogP contribution is -2.45. The normalized spacial score (nSPS) is 31.6. The molecule has 5 nitrogen and oxygen atoms in total. The number of pyridine rings is 1. The molecule has 22 heavy (non-hydrogen) atoms. The molecule has 2 bridgehead atoms. The van der Waals surface area contributed by atoms with Crippen molar-refractivity contribution in [3.63, 3.8) is 0 Å². The summed E-state index contributed by atoms with van der Waals surface area (Å²) >= 11 is 0. The number of hydrogen-bond donors (Lipinski definition) is 0. The van der Waals surface area contributed by atoms with Crippen molar-refractivity contribution in [2.24, 2.45) is 5.92 Å². The molecule has 3 aliphatic rings. The van der Waals surface area contributed by atoms with Gasteiger partial charge in [-0.2, -0.15) is 0 Å². The predicted octanol–water partition coefficient (Wildman–Crippen LogP) is 1.29. The average molecular weight is 301 g/mol. The minimum absolute atomic E-state index is 0.0746. The maximum absolute atomic E-state index is 12.7. The Morgan fingerprint density at radius 3 is 2.77 bits per heavy atom. The summed E-state index contributed by atoms with van der Waals surface area (Å²) in [7, 11) is 0. The van der Waals surface area contributed by atoms with Crippen molar-refractivity contribution in [3.05, 3.63) is 30.1 Å². The summed E-state index contributed by atoms with van der Waals surface area (Å²) in [5, 5.41) is 0. The highest BCUT2D eigenvalue weighted by Gasteiger charge is 2.45. The van der Waals surface area contributed by atoms with Gasteiger partial charge in [-0.25, -0.2) is 0 Å². The molecular formula is C17H23N3O2. The van der Waals surface area contributed by atoms with E-state index in [2.05, 4.69) is 22.0 Å². The van der Waals surface area contributed by atoms with E-state index in [9.17, 15) is 4.79 Å². The zero-order valence-electron chi connectivity index (χ0n) is 12.9. The van der Waals surface area contributed by atoms with Crippen molar-refractivity contribution in [2.45, 2.75) is 38.0 Å². The summed E-state index contributed by atoms with van der Waals surface area (Å²) in [4.78, 5) is 21.2. The Morgan fingerprint density at radius 1 is 1.23 bits per heavy atom. The molecule has 0 spiro atoms. The molecule has 3 aliphatic heterocycles. The lowest BCUT2D eigenvalue weighted by Gasteiger charge is -2.33. The van der Waals surface area contributed by atoms with Gasteiger partial charge in [0.15, 0.2) is 0 Å². The van der Waals surface area contributed by atoms with Crippen LogP contribution >= 0.6 is 0 Å². The van der Waals surface area contributed by atoms with Gasteiger partial charge in [-0.1, -0.05) is 0 Å². The number of carbonyl (C=O) groups excluding carboxylic acids is 1. The van der Waals surface area contributed by atoms with Crippen molar-refractivity contribution < 1.29 is 9.53 Å². The Kier molecular flexibility index (Phi) is 3.84. The molecule has 0 saturated carbocycles. The molecule has 0 radical (unpaired) electrons. The standard InChI is InChI=1S/C17H23N3O2/c21-17(20-7-1-2-8-20)15-9-14-11-19(12-16(15)22-14)10-13-3-5-18-6-4-13/h3-6,14-16H,1-2,7-12H2/t14-,15+,16-/m0/s1. The third-order valence-electron chi connectivity index (χ3n) is 5.12. The molecule has 4 heterocycles. The van der Waals surface area contributed by atoms with E-state index in [-0.39, 0.29) is 18.1 Å². The van der Waals surface area contributed by atoms with Gasteiger partial charge in [-0.05, 0) is 37.0 Å². The highest BCUT2D eigenvalue weighted by molar-refractivity contribution is 5.80. The number of hydrogen-bond acceptors (Lipinski definition) is 4. The summed E-state index contributed by atoms with van der Waals surface area (Å²) in [5.74, 6) is 0.404. The highest BCUT2D eigenvalue weighted by Crippen LogP contribution is 2.34. The van der Waals surface area contributed by atoms with Crippen LogP contribution in [0.25, 0.3) is 0 Å². The quantitative estimate of drug-likeness (QED) is 0.844. The first kappa shape index (κ1) is 14.2. The number of ether oxygens (including phenoxy) is 1. The lowest BCUT2D eigenvalue weighted by molar-refractivity contribution is -0.137. The molecule has 4 rings (SSSR count). The van der Waals surface area contributed by atoms with Crippen LogP contribution in [0.15, 0.2) is 24.5 Å². The Hall–Kier alpha value is -1.46. The van der Waals surface area contributed by atoms with E-state index in [0.29, 0.717) is 5.91 Å². The number of carbonyl (C=O) groups is 1. The summed E-state index contributed by atoms with van der Waals surface area (Å²) < 4.78 is 6.06. The fraction of sp³-hybridized carbons (Fsp3) is 0.647. The molecule has 0 N–H and O–H groups in total. The topological polar surface area (TPSA) is 45.7 Å². The maximum atomic E-state index is 12.7. The van der Waals surface area contributed by atoms with Crippen molar-refractivity contribution in [1.29, 1.82) is 0 Å².